The molecule has 1 rings (SSSR count). The van der Waals surface area contributed by atoms with Crippen LogP contribution in [0.3, 0.4) is 0 Å². The van der Waals surface area contributed by atoms with Gasteiger partial charge in [-0.15, -0.1) is 0 Å². The number of hydrogen-bond acceptors (Lipinski definition) is 6. The molecule has 0 aromatic heterocycles. The average Bonchev–Trinajstić information content (AvgIpc) is 2.15. The van der Waals surface area contributed by atoms with E-state index in [1.54, 1.807) is 0 Å². The summed E-state index contributed by atoms with van der Waals surface area (Å²) in [6.45, 7) is 0. The molecule has 0 saturated heterocycles. The summed E-state index contributed by atoms with van der Waals surface area (Å²) in [4.78, 5) is 9.19. The Labute approximate surface area is 85.0 Å². The molecule has 0 aliphatic carbocycles. The van der Waals surface area contributed by atoms with Crippen molar-refractivity contribution in [3.05, 3.63) is 28.3 Å². The number of nitro benzene ring substituents is 1. The Morgan fingerprint density at radius 1 is 1.40 bits per heavy atom. The molecule has 0 atom stereocenters. The third kappa shape index (κ3) is 2.21. The summed E-state index contributed by atoms with van der Waals surface area (Å²) in [5.74, 6) is 5.01. The standard InChI is InChI=1S/C6H8N4O4S/c7-9-4-2-1-3-5(15(8,13)14)6(4)10(11)12/h1-3,9H,7H2,(H2,8,13,14). The SMILES string of the molecule is NNc1cccc(S(N)(=O)=O)c1[N+](=O)[O-]. The van der Waals surface area contributed by atoms with E-state index < -0.39 is 25.5 Å². The van der Waals surface area contributed by atoms with Gasteiger partial charge in [-0.25, -0.2) is 13.6 Å². The van der Waals surface area contributed by atoms with E-state index in [4.69, 9.17) is 11.0 Å². The van der Waals surface area contributed by atoms with Crippen LogP contribution in [0.5, 0.6) is 0 Å². The Morgan fingerprint density at radius 2 is 2.00 bits per heavy atom. The van der Waals surface area contributed by atoms with Gasteiger partial charge in [-0.1, -0.05) is 6.07 Å². The first-order valence-corrected chi connectivity index (χ1v) is 5.19. The third-order valence-electron chi connectivity index (χ3n) is 1.64. The van der Waals surface area contributed by atoms with Crippen LogP contribution in [0.15, 0.2) is 23.1 Å². The zero-order chi connectivity index (χ0) is 11.6. The highest BCUT2D eigenvalue weighted by atomic mass is 32.2. The van der Waals surface area contributed by atoms with Crippen molar-refractivity contribution in [2.45, 2.75) is 4.90 Å². The zero-order valence-corrected chi connectivity index (χ0v) is 8.19. The highest BCUT2D eigenvalue weighted by Crippen LogP contribution is 2.30. The highest BCUT2D eigenvalue weighted by Gasteiger charge is 2.25. The minimum absolute atomic E-state index is 0.119. The maximum Gasteiger partial charge on any atom is 0.313 e. The minimum atomic E-state index is -4.15. The van der Waals surface area contributed by atoms with Crippen LogP contribution in [0.25, 0.3) is 0 Å². The van der Waals surface area contributed by atoms with Crippen LogP contribution in [-0.4, -0.2) is 13.3 Å². The maximum absolute atomic E-state index is 11.0. The van der Waals surface area contributed by atoms with E-state index in [0.29, 0.717) is 0 Å². The number of nitro groups is 1. The summed E-state index contributed by atoms with van der Waals surface area (Å²) in [6.07, 6.45) is 0. The van der Waals surface area contributed by atoms with E-state index in [1.165, 1.54) is 12.1 Å². The molecular weight excluding hydrogens is 224 g/mol. The number of hydrogen-bond donors (Lipinski definition) is 3. The zero-order valence-electron chi connectivity index (χ0n) is 7.38. The lowest BCUT2D eigenvalue weighted by molar-refractivity contribution is -0.386. The van der Waals surface area contributed by atoms with E-state index in [-0.39, 0.29) is 5.69 Å². The maximum atomic E-state index is 11.0. The fraction of sp³-hybridized carbons (Fsp3) is 0. The third-order valence-corrected chi connectivity index (χ3v) is 2.59. The van der Waals surface area contributed by atoms with Gasteiger partial charge in [-0.3, -0.25) is 16.0 Å². The molecular formula is C6H8N4O4S. The highest BCUT2D eigenvalue weighted by molar-refractivity contribution is 7.89. The van der Waals surface area contributed by atoms with Crippen molar-refractivity contribution in [1.29, 1.82) is 0 Å². The van der Waals surface area contributed by atoms with Crippen LogP contribution in [0.4, 0.5) is 11.4 Å². The van der Waals surface area contributed by atoms with Crippen molar-refractivity contribution in [2.75, 3.05) is 5.43 Å². The van der Waals surface area contributed by atoms with Gasteiger partial charge in [0.1, 0.15) is 5.69 Å². The number of nitrogen functional groups attached to an aromatic ring is 1. The number of para-hydroxylation sites is 1. The lowest BCUT2D eigenvalue weighted by atomic mass is 10.3. The molecule has 0 fully saturated rings. The van der Waals surface area contributed by atoms with Crippen molar-refractivity contribution in [2.24, 2.45) is 11.0 Å². The van der Waals surface area contributed by atoms with Crippen LogP contribution >= 0.6 is 0 Å². The molecule has 1 aromatic carbocycles. The molecule has 0 aliphatic heterocycles. The van der Waals surface area contributed by atoms with Gasteiger partial charge in [0.2, 0.25) is 10.0 Å². The van der Waals surface area contributed by atoms with Crippen LogP contribution in [0.1, 0.15) is 0 Å². The smallest absolute Gasteiger partial charge is 0.313 e. The lowest BCUT2D eigenvalue weighted by Crippen LogP contribution is -2.16. The van der Waals surface area contributed by atoms with Gasteiger partial charge >= 0.3 is 5.69 Å². The second kappa shape index (κ2) is 3.81. The molecule has 0 amide bonds. The quantitative estimate of drug-likeness (QED) is 0.365. The summed E-state index contributed by atoms with van der Waals surface area (Å²) in [7, 11) is -4.15. The molecule has 9 heteroatoms. The van der Waals surface area contributed by atoms with E-state index in [0.717, 1.165) is 6.07 Å². The van der Waals surface area contributed by atoms with Crippen molar-refractivity contribution >= 4 is 21.4 Å². The number of rotatable bonds is 3. The molecule has 5 N–H and O–H groups in total. The van der Waals surface area contributed by atoms with Gasteiger partial charge in [0, 0.05) is 0 Å². The monoisotopic (exact) mass is 232 g/mol. The number of benzene rings is 1. The molecule has 0 unspecified atom stereocenters. The normalized spacial score (nSPS) is 11.1. The first kappa shape index (κ1) is 11.4. The second-order valence-corrected chi connectivity index (χ2v) is 4.13. The van der Waals surface area contributed by atoms with Crippen molar-refractivity contribution in [3.63, 3.8) is 0 Å². The summed E-state index contributed by atoms with van der Waals surface area (Å²) in [5, 5.41) is 15.5. The molecule has 0 bridgehead atoms. The first-order chi connectivity index (χ1) is 6.88. The molecule has 0 heterocycles. The molecule has 0 radical (unpaired) electrons. The Bertz CT molecular complexity index is 498. The Balaban J connectivity index is 3.60. The van der Waals surface area contributed by atoms with Crippen molar-refractivity contribution in [3.8, 4) is 0 Å². The number of nitrogens with zero attached hydrogens (tertiary/aromatic N) is 1. The van der Waals surface area contributed by atoms with E-state index in [1.807, 2.05) is 5.43 Å². The first-order valence-electron chi connectivity index (χ1n) is 3.64. The second-order valence-electron chi connectivity index (χ2n) is 2.60. The molecule has 82 valence electrons. The summed E-state index contributed by atoms with van der Waals surface area (Å²) >= 11 is 0. The van der Waals surface area contributed by atoms with Crippen LogP contribution < -0.4 is 16.4 Å². The topological polar surface area (TPSA) is 141 Å². The van der Waals surface area contributed by atoms with Crippen LogP contribution in [0.2, 0.25) is 0 Å². The number of nitrogens with two attached hydrogens (primary N) is 2. The number of sulfonamides is 1. The minimum Gasteiger partial charge on any atom is -0.318 e. The van der Waals surface area contributed by atoms with Crippen LogP contribution in [-0.2, 0) is 10.0 Å². The van der Waals surface area contributed by atoms with Crippen molar-refractivity contribution in [1.82, 2.24) is 0 Å². The number of nitrogens with one attached hydrogen (secondary N) is 1. The van der Waals surface area contributed by atoms with Gasteiger partial charge in [0.15, 0.2) is 4.90 Å². The molecule has 0 spiro atoms. The Morgan fingerprint density at radius 3 is 2.40 bits per heavy atom. The Kier molecular flexibility index (Phi) is 2.88. The molecule has 0 aliphatic rings. The van der Waals surface area contributed by atoms with E-state index >= 15 is 0 Å². The number of hydrazine groups is 1. The predicted octanol–water partition coefficient (Wildman–Crippen LogP) is -0.472. The molecule has 8 nitrogen and oxygen atoms in total. The lowest BCUT2D eigenvalue weighted by Gasteiger charge is -2.04. The Hall–Kier alpha value is -1.71. The number of anilines is 1. The van der Waals surface area contributed by atoms with Gasteiger partial charge in [-0.2, -0.15) is 0 Å². The van der Waals surface area contributed by atoms with Crippen molar-refractivity contribution < 1.29 is 13.3 Å². The van der Waals surface area contributed by atoms with E-state index in [9.17, 15) is 18.5 Å². The summed E-state index contributed by atoms with van der Waals surface area (Å²) < 4.78 is 22.1. The fourth-order valence-corrected chi connectivity index (χ4v) is 1.78. The molecule has 0 saturated carbocycles. The molecule has 15 heavy (non-hydrogen) atoms. The summed E-state index contributed by atoms with van der Waals surface area (Å²) in [5.41, 5.74) is 1.24. The predicted molar refractivity (Wildman–Crippen MR) is 52.3 cm³/mol. The molecule has 1 aromatic rings. The average molecular weight is 232 g/mol. The largest absolute Gasteiger partial charge is 0.318 e. The van der Waals surface area contributed by atoms with Gasteiger partial charge in [0.05, 0.1) is 4.92 Å². The fourth-order valence-electron chi connectivity index (χ4n) is 1.06. The van der Waals surface area contributed by atoms with E-state index in [2.05, 4.69) is 0 Å². The van der Waals surface area contributed by atoms with Gasteiger partial charge < -0.3 is 5.43 Å². The number of primary sulfonamides is 1. The summed E-state index contributed by atoms with van der Waals surface area (Å²) in [6, 6.07) is 3.60. The van der Waals surface area contributed by atoms with Gasteiger partial charge in [0.25, 0.3) is 0 Å². The van der Waals surface area contributed by atoms with Crippen LogP contribution in [0, 0.1) is 10.1 Å². The van der Waals surface area contributed by atoms with Gasteiger partial charge in [-0.05, 0) is 12.1 Å².